The van der Waals surface area contributed by atoms with Crippen molar-refractivity contribution in [3.63, 3.8) is 0 Å². The van der Waals surface area contributed by atoms with Crippen LogP contribution in [0.15, 0.2) is 46.7 Å². The van der Waals surface area contributed by atoms with Crippen LogP contribution in [0.25, 0.3) is 0 Å². The van der Waals surface area contributed by atoms with E-state index in [2.05, 4.69) is 4.72 Å². The van der Waals surface area contributed by atoms with Crippen LogP contribution in [0, 0.1) is 5.82 Å². The molecule has 5 nitrogen and oxygen atoms in total. The molecule has 0 saturated carbocycles. The fourth-order valence-corrected chi connectivity index (χ4v) is 5.45. The molecule has 0 bridgehead atoms. The van der Waals surface area contributed by atoms with Crippen LogP contribution in [0.1, 0.15) is 17.8 Å². The topological polar surface area (TPSA) is 59.8 Å². The van der Waals surface area contributed by atoms with Gasteiger partial charge in [-0.3, -0.25) is 0 Å². The quantitative estimate of drug-likeness (QED) is 0.786. The molecule has 1 aromatic carbocycles. The van der Waals surface area contributed by atoms with Crippen molar-refractivity contribution in [3.05, 3.63) is 52.5 Å². The van der Waals surface area contributed by atoms with E-state index < -0.39 is 15.8 Å². The molecule has 3 rings (SSSR count). The molecule has 1 saturated heterocycles. The largest absolute Gasteiger partial charge is 0.370 e. The summed E-state index contributed by atoms with van der Waals surface area (Å²) in [6.45, 7) is 4.91. The first kappa shape index (κ1) is 18.5. The Hall–Kier alpha value is -1.32. The molecule has 0 spiro atoms. The van der Waals surface area contributed by atoms with E-state index in [1.54, 1.807) is 11.3 Å². The third-order valence-electron chi connectivity index (χ3n) is 4.39. The third kappa shape index (κ3) is 4.45. The van der Waals surface area contributed by atoms with E-state index in [1.165, 1.54) is 17.0 Å². The highest BCUT2D eigenvalue weighted by atomic mass is 32.2. The summed E-state index contributed by atoms with van der Waals surface area (Å²) < 4.78 is 46.6. The Bertz CT molecular complexity index is 773. The van der Waals surface area contributed by atoms with Crippen molar-refractivity contribution in [3.8, 4) is 0 Å². The summed E-state index contributed by atoms with van der Waals surface area (Å²) in [5, 5.41) is 2.00. The van der Waals surface area contributed by atoms with E-state index in [0.717, 1.165) is 30.1 Å². The fraction of sp³-hybridized carbons (Fsp3) is 0.412. The number of halogens is 1. The van der Waals surface area contributed by atoms with Gasteiger partial charge in [-0.25, -0.2) is 17.5 Å². The van der Waals surface area contributed by atoms with Gasteiger partial charge in [-0.15, -0.1) is 11.3 Å². The van der Waals surface area contributed by atoms with Crippen LogP contribution in [0.3, 0.4) is 0 Å². The molecule has 1 fully saturated rings. The van der Waals surface area contributed by atoms with Crippen molar-refractivity contribution in [1.29, 1.82) is 0 Å². The van der Waals surface area contributed by atoms with Gasteiger partial charge in [-0.05, 0) is 42.6 Å². The zero-order valence-electron chi connectivity index (χ0n) is 13.9. The predicted octanol–water partition coefficient (Wildman–Crippen LogP) is 1.21. The molecule has 0 amide bonds. The lowest BCUT2D eigenvalue weighted by Crippen LogP contribution is -3.15. The molecule has 1 aromatic heterocycles. The van der Waals surface area contributed by atoms with Gasteiger partial charge in [0.05, 0.1) is 29.0 Å². The van der Waals surface area contributed by atoms with Crippen molar-refractivity contribution in [1.82, 2.24) is 4.72 Å². The van der Waals surface area contributed by atoms with E-state index >= 15 is 0 Å². The molecule has 1 aliphatic heterocycles. The Kier molecular flexibility index (Phi) is 5.85. The van der Waals surface area contributed by atoms with E-state index in [1.807, 2.05) is 24.4 Å². The number of nitrogens with one attached hydrogen (secondary N) is 2. The van der Waals surface area contributed by atoms with Crippen LogP contribution < -0.4 is 9.62 Å². The highest BCUT2D eigenvalue weighted by molar-refractivity contribution is 7.89. The lowest BCUT2D eigenvalue weighted by atomic mass is 10.1. The molecule has 136 valence electrons. The molecule has 25 heavy (non-hydrogen) atoms. The predicted molar refractivity (Wildman–Crippen MR) is 94.8 cm³/mol. The van der Waals surface area contributed by atoms with Gasteiger partial charge in [0.1, 0.15) is 24.9 Å². The van der Waals surface area contributed by atoms with Gasteiger partial charge in [0.25, 0.3) is 0 Å². The van der Waals surface area contributed by atoms with Crippen LogP contribution >= 0.6 is 11.3 Å². The molecule has 2 aromatic rings. The first-order valence-corrected chi connectivity index (χ1v) is 10.6. The molecule has 2 heterocycles. The second-order valence-corrected chi connectivity index (χ2v) is 8.82. The highest BCUT2D eigenvalue weighted by Gasteiger charge is 2.34. The normalized spacial score (nSPS) is 18.8. The number of benzene rings is 1. The Morgan fingerprint density at radius 3 is 2.48 bits per heavy atom. The minimum atomic E-state index is -3.71. The van der Waals surface area contributed by atoms with Crippen LogP contribution in [-0.4, -0.2) is 40.8 Å². The van der Waals surface area contributed by atoms with Crippen molar-refractivity contribution >= 4 is 21.4 Å². The monoisotopic (exact) mass is 385 g/mol. The van der Waals surface area contributed by atoms with Gasteiger partial charge in [-0.1, -0.05) is 6.07 Å². The molecule has 2 N–H and O–H groups in total. The van der Waals surface area contributed by atoms with Crippen LogP contribution in [0.4, 0.5) is 4.39 Å². The van der Waals surface area contributed by atoms with Crippen LogP contribution in [0.5, 0.6) is 0 Å². The summed E-state index contributed by atoms with van der Waals surface area (Å²) in [4.78, 5) is 2.52. The van der Waals surface area contributed by atoms with Gasteiger partial charge in [-0.2, -0.15) is 0 Å². The summed E-state index contributed by atoms with van der Waals surface area (Å²) in [6.07, 6.45) is 0. The Morgan fingerprint density at radius 2 is 1.88 bits per heavy atom. The molecular weight excluding hydrogens is 363 g/mol. The van der Waals surface area contributed by atoms with Crippen LogP contribution in [-0.2, 0) is 14.8 Å². The van der Waals surface area contributed by atoms with E-state index in [9.17, 15) is 12.8 Å². The number of thiophene rings is 1. The van der Waals surface area contributed by atoms with Gasteiger partial charge in [0.2, 0.25) is 10.0 Å². The summed E-state index contributed by atoms with van der Waals surface area (Å²) in [5.74, 6) is -0.457. The number of quaternary nitrogens is 1. The van der Waals surface area contributed by atoms with Gasteiger partial charge < -0.3 is 9.64 Å². The number of sulfonamides is 1. The van der Waals surface area contributed by atoms with Crippen molar-refractivity contribution in [2.45, 2.75) is 23.9 Å². The summed E-state index contributed by atoms with van der Waals surface area (Å²) in [5.41, 5.74) is 0. The number of rotatable bonds is 6. The number of ether oxygens (including phenoxy) is 1. The smallest absolute Gasteiger partial charge is 0.241 e. The molecular formula is C17H22FN2O3S2+. The second-order valence-electron chi connectivity index (χ2n) is 6.13. The maximum Gasteiger partial charge on any atom is 0.241 e. The molecule has 8 heteroatoms. The maximum absolute atomic E-state index is 13.1. The number of hydrogen-bond donors (Lipinski definition) is 2. The zero-order chi connectivity index (χ0) is 17.9. The third-order valence-corrected chi connectivity index (χ3v) is 6.92. The average molecular weight is 386 g/mol. The zero-order valence-corrected chi connectivity index (χ0v) is 15.6. The summed E-state index contributed by atoms with van der Waals surface area (Å²) in [7, 11) is -3.71. The summed E-state index contributed by atoms with van der Waals surface area (Å²) in [6, 6.07) is 8.61. The average Bonchev–Trinajstić information content (AvgIpc) is 3.10. The maximum atomic E-state index is 13.1. The molecule has 2 atom stereocenters. The van der Waals surface area contributed by atoms with Gasteiger partial charge in [0, 0.05) is 0 Å². The Morgan fingerprint density at radius 1 is 1.20 bits per heavy atom. The first-order chi connectivity index (χ1) is 12.0. The number of morpholine rings is 1. The molecule has 0 aliphatic carbocycles. The SMILES string of the molecule is C[C@@H](NS(=O)(=O)c1ccc(F)cc1)[C@@H](c1cccs1)[NH+]1CCOCC1. The minimum absolute atomic E-state index is 0.0131. The molecule has 1 aliphatic rings. The van der Waals surface area contributed by atoms with Crippen molar-refractivity contribution < 1.29 is 22.4 Å². The van der Waals surface area contributed by atoms with Crippen LogP contribution in [0.2, 0.25) is 0 Å². The van der Waals surface area contributed by atoms with Crippen molar-refractivity contribution in [2.75, 3.05) is 26.3 Å². The standard InChI is InChI=1S/C17H21FN2O3S2/c1-13(19-25(21,22)15-6-4-14(18)5-7-15)17(16-3-2-12-24-16)20-8-10-23-11-9-20/h2-7,12-13,17,19H,8-11H2,1H3/p+1/t13-,17+/m1/s1. The highest BCUT2D eigenvalue weighted by Crippen LogP contribution is 2.21. The van der Waals surface area contributed by atoms with E-state index in [4.69, 9.17) is 4.74 Å². The summed E-state index contributed by atoms with van der Waals surface area (Å²) >= 11 is 1.63. The second kappa shape index (κ2) is 7.92. The van der Waals surface area contributed by atoms with E-state index in [0.29, 0.717) is 13.2 Å². The fourth-order valence-electron chi connectivity index (χ4n) is 3.21. The lowest BCUT2D eigenvalue weighted by molar-refractivity contribution is -0.939. The lowest BCUT2D eigenvalue weighted by Gasteiger charge is -2.34. The molecule has 0 unspecified atom stereocenters. The number of hydrogen-bond acceptors (Lipinski definition) is 4. The van der Waals surface area contributed by atoms with Crippen molar-refractivity contribution in [2.24, 2.45) is 0 Å². The van der Waals surface area contributed by atoms with E-state index in [-0.39, 0.29) is 17.0 Å². The minimum Gasteiger partial charge on any atom is -0.370 e. The molecule has 0 radical (unpaired) electrons. The first-order valence-electron chi connectivity index (χ1n) is 8.21. The Balaban J connectivity index is 1.82. The van der Waals surface area contributed by atoms with Gasteiger partial charge in [0.15, 0.2) is 0 Å². The Labute approximate surface area is 151 Å². The van der Waals surface area contributed by atoms with Gasteiger partial charge >= 0.3 is 0 Å².